The highest BCUT2D eigenvalue weighted by atomic mass is 32.1. The Morgan fingerprint density at radius 2 is 2.03 bits per heavy atom. The summed E-state index contributed by atoms with van der Waals surface area (Å²) in [6.45, 7) is 8.55. The highest BCUT2D eigenvalue weighted by Gasteiger charge is 2.30. The second-order valence-electron chi connectivity index (χ2n) is 7.09. The molecule has 0 aliphatic carbocycles. The third kappa shape index (κ3) is 5.35. The number of nitrogens with zero attached hydrogens (tertiary/aromatic N) is 4. The SMILES string of the molecule is CC.CC(=O)N[C@@H]1CCN(C(=O)c2nc(N[C@@H](C)c3ccccn3)nc3ccsc23)C1. The third-order valence-corrected chi connectivity index (χ3v) is 5.78. The monoisotopic (exact) mass is 440 g/mol. The Kier molecular flexibility index (Phi) is 7.51. The van der Waals surface area contributed by atoms with Gasteiger partial charge in [0.15, 0.2) is 5.69 Å². The second-order valence-corrected chi connectivity index (χ2v) is 8.00. The van der Waals surface area contributed by atoms with E-state index in [4.69, 9.17) is 0 Å². The molecule has 0 radical (unpaired) electrons. The Bertz CT molecular complexity index is 1040. The molecule has 0 bridgehead atoms. The third-order valence-electron chi connectivity index (χ3n) is 4.87. The largest absolute Gasteiger partial charge is 0.352 e. The molecule has 164 valence electrons. The topological polar surface area (TPSA) is 100 Å². The predicted octanol–water partition coefficient (Wildman–Crippen LogP) is 3.64. The zero-order chi connectivity index (χ0) is 22.4. The predicted molar refractivity (Wildman–Crippen MR) is 123 cm³/mol. The Morgan fingerprint density at radius 3 is 2.74 bits per heavy atom. The quantitative estimate of drug-likeness (QED) is 0.628. The van der Waals surface area contributed by atoms with Crippen LogP contribution in [0.15, 0.2) is 35.8 Å². The number of pyridine rings is 1. The molecule has 4 rings (SSSR count). The molecule has 2 atom stereocenters. The van der Waals surface area contributed by atoms with Gasteiger partial charge in [0.25, 0.3) is 5.91 Å². The Labute approximate surface area is 186 Å². The Hall–Kier alpha value is -3.07. The lowest BCUT2D eigenvalue weighted by Crippen LogP contribution is -2.37. The highest BCUT2D eigenvalue weighted by molar-refractivity contribution is 7.17. The minimum Gasteiger partial charge on any atom is -0.352 e. The number of thiophene rings is 1. The fourth-order valence-electron chi connectivity index (χ4n) is 3.47. The summed E-state index contributed by atoms with van der Waals surface area (Å²) < 4.78 is 0.772. The van der Waals surface area contributed by atoms with Crippen molar-refractivity contribution in [2.24, 2.45) is 0 Å². The van der Waals surface area contributed by atoms with Crippen molar-refractivity contribution in [2.75, 3.05) is 18.4 Å². The van der Waals surface area contributed by atoms with Crippen molar-refractivity contribution in [3.63, 3.8) is 0 Å². The highest BCUT2D eigenvalue weighted by Crippen LogP contribution is 2.27. The lowest BCUT2D eigenvalue weighted by Gasteiger charge is -2.18. The number of fused-ring (bicyclic) bond motifs is 1. The van der Waals surface area contributed by atoms with E-state index in [0.717, 1.165) is 22.3 Å². The lowest BCUT2D eigenvalue weighted by atomic mass is 10.2. The number of likely N-dealkylation sites (tertiary alicyclic amines) is 1. The smallest absolute Gasteiger partial charge is 0.274 e. The molecule has 1 fully saturated rings. The standard InChI is InChI=1S/C20H22N6O2S.C2H6/c1-12(15-5-3-4-8-21-15)22-20-24-16-7-10-29-18(16)17(25-20)19(28)26-9-6-14(11-26)23-13(2)27;1-2/h3-5,7-8,10,12,14H,6,9,11H2,1-2H3,(H,23,27)(H,22,24,25);1-2H3/t12-,14+;/m0./s1. The zero-order valence-corrected chi connectivity index (χ0v) is 19.1. The maximum absolute atomic E-state index is 13.2. The van der Waals surface area contributed by atoms with Crippen LogP contribution in [-0.4, -0.2) is 50.8 Å². The molecule has 9 heteroatoms. The van der Waals surface area contributed by atoms with Crippen molar-refractivity contribution in [1.82, 2.24) is 25.2 Å². The van der Waals surface area contributed by atoms with Crippen molar-refractivity contribution in [1.29, 1.82) is 0 Å². The number of hydrogen-bond donors (Lipinski definition) is 2. The van der Waals surface area contributed by atoms with Crippen LogP contribution in [-0.2, 0) is 4.79 Å². The summed E-state index contributed by atoms with van der Waals surface area (Å²) in [6, 6.07) is 7.49. The van der Waals surface area contributed by atoms with Gasteiger partial charge in [0.05, 0.1) is 22.0 Å². The molecule has 3 aromatic rings. The number of hydrogen-bond acceptors (Lipinski definition) is 7. The van der Waals surface area contributed by atoms with Crippen LogP contribution in [0, 0.1) is 0 Å². The van der Waals surface area contributed by atoms with Gasteiger partial charge in [0.2, 0.25) is 11.9 Å². The number of rotatable bonds is 5. The molecule has 0 saturated carbocycles. The van der Waals surface area contributed by atoms with Gasteiger partial charge in [-0.05, 0) is 36.9 Å². The average molecular weight is 441 g/mol. The second kappa shape index (κ2) is 10.3. The van der Waals surface area contributed by atoms with E-state index in [-0.39, 0.29) is 23.9 Å². The normalized spacial score (nSPS) is 16.4. The number of amides is 2. The van der Waals surface area contributed by atoms with Crippen LogP contribution >= 0.6 is 11.3 Å². The molecule has 2 amide bonds. The van der Waals surface area contributed by atoms with E-state index in [1.807, 2.05) is 50.4 Å². The van der Waals surface area contributed by atoms with Gasteiger partial charge in [-0.2, -0.15) is 0 Å². The summed E-state index contributed by atoms with van der Waals surface area (Å²) in [5, 5.41) is 8.05. The van der Waals surface area contributed by atoms with Gasteiger partial charge in [-0.25, -0.2) is 9.97 Å². The van der Waals surface area contributed by atoms with Gasteiger partial charge in [-0.3, -0.25) is 14.6 Å². The molecule has 1 aliphatic rings. The Balaban J connectivity index is 0.00000132. The van der Waals surface area contributed by atoms with Crippen molar-refractivity contribution < 1.29 is 9.59 Å². The van der Waals surface area contributed by atoms with Gasteiger partial charge in [-0.1, -0.05) is 19.9 Å². The summed E-state index contributed by atoms with van der Waals surface area (Å²) >= 11 is 1.45. The van der Waals surface area contributed by atoms with E-state index in [9.17, 15) is 9.59 Å². The van der Waals surface area contributed by atoms with Crippen molar-refractivity contribution >= 4 is 39.3 Å². The van der Waals surface area contributed by atoms with Crippen LogP contribution in [0.5, 0.6) is 0 Å². The number of carbonyl (C=O) groups is 2. The number of anilines is 1. The first-order valence-electron chi connectivity index (χ1n) is 10.5. The molecule has 1 saturated heterocycles. The molecule has 8 nitrogen and oxygen atoms in total. The van der Waals surface area contributed by atoms with Crippen molar-refractivity contribution in [2.45, 2.75) is 46.2 Å². The molecular formula is C22H28N6O2S. The van der Waals surface area contributed by atoms with Crippen LogP contribution in [0.2, 0.25) is 0 Å². The molecule has 0 spiro atoms. The van der Waals surface area contributed by atoms with Gasteiger partial charge in [0, 0.05) is 32.3 Å². The van der Waals surface area contributed by atoms with E-state index in [1.165, 1.54) is 18.3 Å². The fourth-order valence-corrected chi connectivity index (χ4v) is 4.28. The molecule has 4 heterocycles. The van der Waals surface area contributed by atoms with E-state index in [0.29, 0.717) is 24.7 Å². The maximum atomic E-state index is 13.2. The zero-order valence-electron chi connectivity index (χ0n) is 18.3. The number of nitrogens with one attached hydrogen (secondary N) is 2. The van der Waals surface area contributed by atoms with E-state index >= 15 is 0 Å². The number of aromatic nitrogens is 3. The molecule has 0 unspecified atom stereocenters. The Morgan fingerprint density at radius 1 is 1.23 bits per heavy atom. The molecule has 0 aromatic carbocycles. The van der Waals surface area contributed by atoms with Crippen LogP contribution in [0.4, 0.5) is 5.95 Å². The minimum atomic E-state index is -0.138. The first kappa shape index (κ1) is 22.6. The van der Waals surface area contributed by atoms with Gasteiger partial charge >= 0.3 is 0 Å². The molecule has 31 heavy (non-hydrogen) atoms. The van der Waals surface area contributed by atoms with Crippen LogP contribution in [0.1, 0.15) is 56.3 Å². The van der Waals surface area contributed by atoms with E-state index in [1.54, 1.807) is 11.1 Å². The molecular weight excluding hydrogens is 412 g/mol. The fraction of sp³-hybridized carbons (Fsp3) is 0.409. The average Bonchev–Trinajstić information content (AvgIpc) is 3.44. The van der Waals surface area contributed by atoms with Crippen LogP contribution < -0.4 is 10.6 Å². The molecule has 2 N–H and O–H groups in total. The summed E-state index contributed by atoms with van der Waals surface area (Å²) in [5.41, 5.74) is 2.00. The number of carbonyl (C=O) groups excluding carboxylic acids is 2. The van der Waals surface area contributed by atoms with Gasteiger partial charge in [0.1, 0.15) is 0 Å². The first-order valence-corrected chi connectivity index (χ1v) is 11.4. The molecule has 1 aliphatic heterocycles. The summed E-state index contributed by atoms with van der Waals surface area (Å²) in [5.74, 6) is 0.179. The lowest BCUT2D eigenvalue weighted by molar-refractivity contribution is -0.119. The van der Waals surface area contributed by atoms with E-state index in [2.05, 4.69) is 25.6 Å². The first-order chi connectivity index (χ1) is 15.0. The summed E-state index contributed by atoms with van der Waals surface area (Å²) in [6.07, 6.45) is 2.48. The van der Waals surface area contributed by atoms with Gasteiger partial charge in [-0.15, -0.1) is 11.3 Å². The van der Waals surface area contributed by atoms with Crippen LogP contribution in [0.25, 0.3) is 10.2 Å². The summed E-state index contributed by atoms with van der Waals surface area (Å²) in [7, 11) is 0. The van der Waals surface area contributed by atoms with Crippen molar-refractivity contribution in [3.05, 3.63) is 47.2 Å². The molecule has 3 aromatic heterocycles. The minimum absolute atomic E-state index is 0.0149. The summed E-state index contributed by atoms with van der Waals surface area (Å²) in [4.78, 5) is 39.7. The van der Waals surface area contributed by atoms with Gasteiger partial charge < -0.3 is 15.5 Å². The van der Waals surface area contributed by atoms with Crippen molar-refractivity contribution in [3.8, 4) is 0 Å². The van der Waals surface area contributed by atoms with E-state index < -0.39 is 0 Å². The van der Waals surface area contributed by atoms with Crippen LogP contribution in [0.3, 0.4) is 0 Å². The maximum Gasteiger partial charge on any atom is 0.274 e.